The van der Waals surface area contributed by atoms with Crippen molar-refractivity contribution in [1.29, 1.82) is 0 Å². The van der Waals surface area contributed by atoms with E-state index in [1.54, 1.807) is 50.5 Å². The number of nitrogens with zero attached hydrogens (tertiary/aromatic N) is 1. The molecule has 40 heavy (non-hydrogen) atoms. The number of ether oxygens (including phenoxy) is 3. The van der Waals surface area contributed by atoms with Crippen LogP contribution in [0, 0.1) is 0 Å². The number of para-hydroxylation sites is 1. The Morgan fingerprint density at radius 1 is 0.725 bits per heavy atom. The average molecular weight is 539 g/mol. The average Bonchev–Trinajstić information content (AvgIpc) is 2.98. The Labute approximate surface area is 235 Å². The summed E-state index contributed by atoms with van der Waals surface area (Å²) in [7, 11) is 3.34. The first-order chi connectivity index (χ1) is 19.4. The Hall–Kier alpha value is -4.78. The number of amides is 2. The van der Waals surface area contributed by atoms with Gasteiger partial charge in [-0.15, -0.1) is 0 Å². The highest BCUT2D eigenvalue weighted by molar-refractivity contribution is 5.99. The molecular weight excluding hydrogens is 504 g/mol. The molecule has 0 heterocycles. The Kier molecular flexibility index (Phi) is 9.77. The van der Waals surface area contributed by atoms with Crippen LogP contribution in [0.4, 0.5) is 0 Å². The number of carbonyl (C=O) groups is 2. The monoisotopic (exact) mass is 538 g/mol. The highest BCUT2D eigenvalue weighted by atomic mass is 16.5. The SMILES string of the molecule is CCOc1ccc(Oc2ccccc2C(=O)N[C@@H](Cc2ccc(OCc3ccccc3)cc2)C(=O)N(C)C)cc1. The fraction of sp³-hybridized carbons (Fsp3) is 0.212. The van der Waals surface area contributed by atoms with Crippen LogP contribution in [0.3, 0.4) is 0 Å². The van der Waals surface area contributed by atoms with E-state index in [0.29, 0.717) is 36.7 Å². The number of carbonyl (C=O) groups excluding carboxylic acids is 2. The van der Waals surface area contributed by atoms with Crippen LogP contribution >= 0.6 is 0 Å². The van der Waals surface area contributed by atoms with Crippen LogP contribution in [0.5, 0.6) is 23.0 Å². The van der Waals surface area contributed by atoms with E-state index in [-0.39, 0.29) is 5.91 Å². The summed E-state index contributed by atoms with van der Waals surface area (Å²) in [5.74, 6) is 1.82. The summed E-state index contributed by atoms with van der Waals surface area (Å²) in [4.78, 5) is 27.9. The molecule has 4 aromatic carbocycles. The second-order valence-electron chi connectivity index (χ2n) is 9.38. The Balaban J connectivity index is 1.44. The van der Waals surface area contributed by atoms with Crippen molar-refractivity contribution in [3.05, 3.63) is 120 Å². The molecule has 7 heteroatoms. The fourth-order valence-corrected chi connectivity index (χ4v) is 4.09. The van der Waals surface area contributed by atoms with Crippen molar-refractivity contribution < 1.29 is 23.8 Å². The molecule has 0 radical (unpaired) electrons. The van der Waals surface area contributed by atoms with Crippen molar-refractivity contribution in [2.45, 2.75) is 26.0 Å². The van der Waals surface area contributed by atoms with Crippen LogP contribution < -0.4 is 19.5 Å². The van der Waals surface area contributed by atoms with Gasteiger partial charge in [0, 0.05) is 20.5 Å². The minimum absolute atomic E-state index is 0.206. The van der Waals surface area contributed by atoms with E-state index < -0.39 is 11.9 Å². The topological polar surface area (TPSA) is 77.1 Å². The van der Waals surface area contributed by atoms with Crippen LogP contribution in [0.2, 0.25) is 0 Å². The van der Waals surface area contributed by atoms with Gasteiger partial charge in [0.05, 0.1) is 12.2 Å². The van der Waals surface area contributed by atoms with Gasteiger partial charge in [-0.25, -0.2) is 0 Å². The number of nitrogens with one attached hydrogen (secondary N) is 1. The van der Waals surface area contributed by atoms with Gasteiger partial charge in [-0.1, -0.05) is 54.6 Å². The van der Waals surface area contributed by atoms with Crippen LogP contribution in [0.25, 0.3) is 0 Å². The maximum atomic E-state index is 13.4. The number of rotatable bonds is 12. The third-order valence-electron chi connectivity index (χ3n) is 6.15. The molecule has 0 spiro atoms. The van der Waals surface area contributed by atoms with Gasteiger partial charge in [0.15, 0.2) is 0 Å². The number of hydrogen-bond donors (Lipinski definition) is 1. The standard InChI is InChI=1S/C33H34N2O5/c1-4-38-26-18-20-28(21-19-26)40-31-13-9-8-12-29(31)32(36)34-30(33(37)35(2)3)22-24-14-16-27(17-15-24)39-23-25-10-6-5-7-11-25/h5-21,30H,4,22-23H2,1-3H3,(H,34,36)/t30-/m0/s1. The lowest BCUT2D eigenvalue weighted by Gasteiger charge is -2.22. The van der Waals surface area contributed by atoms with Crippen molar-refractivity contribution in [2.24, 2.45) is 0 Å². The predicted molar refractivity (Wildman–Crippen MR) is 155 cm³/mol. The predicted octanol–water partition coefficient (Wildman–Crippen LogP) is 5.89. The van der Waals surface area contributed by atoms with Gasteiger partial charge in [-0.2, -0.15) is 0 Å². The summed E-state index contributed by atoms with van der Waals surface area (Å²) in [6.45, 7) is 2.96. The van der Waals surface area contributed by atoms with Gasteiger partial charge < -0.3 is 24.4 Å². The molecule has 4 aromatic rings. The fourth-order valence-electron chi connectivity index (χ4n) is 4.09. The maximum Gasteiger partial charge on any atom is 0.255 e. The first-order valence-electron chi connectivity index (χ1n) is 13.2. The molecule has 0 aromatic heterocycles. The van der Waals surface area contributed by atoms with Crippen molar-refractivity contribution in [3.63, 3.8) is 0 Å². The summed E-state index contributed by atoms with van der Waals surface area (Å²) in [5.41, 5.74) is 2.31. The lowest BCUT2D eigenvalue weighted by atomic mass is 10.0. The van der Waals surface area contributed by atoms with E-state index in [2.05, 4.69) is 5.32 Å². The van der Waals surface area contributed by atoms with Gasteiger partial charge in [0.1, 0.15) is 35.6 Å². The minimum Gasteiger partial charge on any atom is -0.494 e. The minimum atomic E-state index is -0.767. The van der Waals surface area contributed by atoms with E-state index >= 15 is 0 Å². The molecule has 0 aliphatic carbocycles. The summed E-state index contributed by atoms with van der Waals surface area (Å²) in [5, 5.41) is 2.91. The zero-order valence-corrected chi connectivity index (χ0v) is 23.0. The van der Waals surface area contributed by atoms with Crippen molar-refractivity contribution in [2.75, 3.05) is 20.7 Å². The molecule has 0 unspecified atom stereocenters. The lowest BCUT2D eigenvalue weighted by molar-refractivity contribution is -0.130. The molecule has 4 rings (SSSR count). The normalized spacial score (nSPS) is 11.3. The highest BCUT2D eigenvalue weighted by Crippen LogP contribution is 2.27. The van der Waals surface area contributed by atoms with Crippen molar-refractivity contribution in [3.8, 4) is 23.0 Å². The summed E-state index contributed by atoms with van der Waals surface area (Å²) in [6, 6.07) is 30.9. The second-order valence-corrected chi connectivity index (χ2v) is 9.38. The number of likely N-dealkylation sites (N-methyl/N-ethyl adjacent to an activating group) is 1. The van der Waals surface area contributed by atoms with Crippen LogP contribution in [-0.2, 0) is 17.8 Å². The maximum absolute atomic E-state index is 13.4. The molecular formula is C33H34N2O5. The van der Waals surface area contributed by atoms with E-state index in [4.69, 9.17) is 14.2 Å². The van der Waals surface area contributed by atoms with Gasteiger partial charge in [-0.05, 0) is 66.6 Å². The van der Waals surface area contributed by atoms with Crippen molar-refractivity contribution >= 4 is 11.8 Å². The number of benzene rings is 4. The Bertz CT molecular complexity index is 1390. The summed E-state index contributed by atoms with van der Waals surface area (Å²) >= 11 is 0. The number of hydrogen-bond acceptors (Lipinski definition) is 5. The summed E-state index contributed by atoms with van der Waals surface area (Å²) < 4.78 is 17.4. The van der Waals surface area contributed by atoms with E-state index in [0.717, 1.165) is 22.6 Å². The molecule has 2 amide bonds. The summed E-state index contributed by atoms with van der Waals surface area (Å²) in [6.07, 6.45) is 0.323. The zero-order chi connectivity index (χ0) is 28.3. The Morgan fingerprint density at radius 3 is 2.00 bits per heavy atom. The van der Waals surface area contributed by atoms with Crippen LogP contribution in [-0.4, -0.2) is 43.5 Å². The molecule has 0 bridgehead atoms. The third kappa shape index (κ3) is 7.86. The van der Waals surface area contributed by atoms with Gasteiger partial charge in [0.2, 0.25) is 5.91 Å². The molecule has 0 aliphatic rings. The van der Waals surface area contributed by atoms with Gasteiger partial charge in [-0.3, -0.25) is 9.59 Å². The highest BCUT2D eigenvalue weighted by Gasteiger charge is 2.25. The first-order valence-corrected chi connectivity index (χ1v) is 13.2. The van der Waals surface area contributed by atoms with Gasteiger partial charge in [0.25, 0.3) is 5.91 Å². The molecule has 1 N–H and O–H groups in total. The lowest BCUT2D eigenvalue weighted by Crippen LogP contribution is -2.47. The zero-order valence-electron chi connectivity index (χ0n) is 23.0. The quantitative estimate of drug-likeness (QED) is 0.244. The molecule has 0 saturated carbocycles. The molecule has 0 fully saturated rings. The molecule has 7 nitrogen and oxygen atoms in total. The molecule has 0 saturated heterocycles. The van der Waals surface area contributed by atoms with E-state index in [9.17, 15) is 9.59 Å². The molecule has 206 valence electrons. The molecule has 1 atom stereocenters. The van der Waals surface area contributed by atoms with Crippen LogP contribution in [0.15, 0.2) is 103 Å². The van der Waals surface area contributed by atoms with Crippen molar-refractivity contribution in [1.82, 2.24) is 10.2 Å². The van der Waals surface area contributed by atoms with Gasteiger partial charge >= 0.3 is 0 Å². The van der Waals surface area contributed by atoms with E-state index in [1.165, 1.54) is 4.90 Å². The molecule has 0 aliphatic heterocycles. The smallest absolute Gasteiger partial charge is 0.255 e. The first kappa shape index (κ1) is 28.2. The van der Waals surface area contributed by atoms with E-state index in [1.807, 2.05) is 73.7 Å². The Morgan fingerprint density at radius 2 is 1.32 bits per heavy atom. The largest absolute Gasteiger partial charge is 0.494 e. The second kappa shape index (κ2) is 13.8. The third-order valence-corrected chi connectivity index (χ3v) is 6.15. The van der Waals surface area contributed by atoms with Crippen LogP contribution in [0.1, 0.15) is 28.4 Å².